The van der Waals surface area contributed by atoms with Crippen LogP contribution in [0.15, 0.2) is 0 Å². The van der Waals surface area contributed by atoms with Crippen LogP contribution >= 0.6 is 0 Å². The molecule has 0 aromatic rings. The monoisotopic (exact) mass is 241 g/mol. The third-order valence-corrected chi connectivity index (χ3v) is 3.29. The van der Waals surface area contributed by atoms with Crippen LogP contribution in [0.3, 0.4) is 0 Å². The number of hydrogen-bond donors (Lipinski definition) is 2. The maximum absolute atomic E-state index is 12.1. The Morgan fingerprint density at radius 2 is 2.29 bits per heavy atom. The molecule has 0 radical (unpaired) electrons. The molecular formula is C11H19N3O3. The van der Waals surface area contributed by atoms with Gasteiger partial charge in [-0.3, -0.25) is 9.59 Å². The van der Waals surface area contributed by atoms with Crippen molar-refractivity contribution >= 4 is 11.8 Å². The highest BCUT2D eigenvalue weighted by atomic mass is 16.5. The number of nitrogens with two attached hydrogens (primary N) is 1. The molecule has 2 unspecified atom stereocenters. The van der Waals surface area contributed by atoms with Crippen molar-refractivity contribution in [3.63, 3.8) is 0 Å². The molecule has 2 fully saturated rings. The van der Waals surface area contributed by atoms with Gasteiger partial charge in [-0.05, 0) is 6.42 Å². The summed E-state index contributed by atoms with van der Waals surface area (Å²) in [6.45, 7) is 3.19. The van der Waals surface area contributed by atoms with E-state index in [4.69, 9.17) is 10.5 Å². The highest BCUT2D eigenvalue weighted by Crippen LogP contribution is 2.16. The standard InChI is InChI=1S/C11H19N3O3/c12-10(15)5-9-6-14(3-2-13-9)11(16)8-1-4-17-7-8/h8-9,13H,1-7H2,(H2,12,15). The van der Waals surface area contributed by atoms with Gasteiger partial charge in [-0.2, -0.15) is 0 Å². The lowest BCUT2D eigenvalue weighted by atomic mass is 10.0. The van der Waals surface area contributed by atoms with Crippen molar-refractivity contribution in [2.24, 2.45) is 11.7 Å². The molecule has 2 rings (SSSR count). The smallest absolute Gasteiger partial charge is 0.228 e. The lowest BCUT2D eigenvalue weighted by molar-refractivity contribution is -0.137. The van der Waals surface area contributed by atoms with Crippen molar-refractivity contribution in [2.75, 3.05) is 32.8 Å². The van der Waals surface area contributed by atoms with Gasteiger partial charge in [0.05, 0.1) is 12.5 Å². The van der Waals surface area contributed by atoms with E-state index >= 15 is 0 Å². The molecule has 0 aliphatic carbocycles. The van der Waals surface area contributed by atoms with Crippen LogP contribution in [0.4, 0.5) is 0 Å². The molecule has 6 heteroatoms. The lowest BCUT2D eigenvalue weighted by Gasteiger charge is -2.34. The number of nitrogens with one attached hydrogen (secondary N) is 1. The maximum atomic E-state index is 12.1. The average Bonchev–Trinajstić information content (AvgIpc) is 2.81. The van der Waals surface area contributed by atoms with Crippen molar-refractivity contribution in [3.05, 3.63) is 0 Å². The maximum Gasteiger partial charge on any atom is 0.228 e. The number of amides is 2. The Kier molecular flexibility index (Phi) is 3.96. The first-order chi connectivity index (χ1) is 8.16. The van der Waals surface area contributed by atoms with E-state index in [1.807, 2.05) is 4.90 Å². The summed E-state index contributed by atoms with van der Waals surface area (Å²) in [5.74, 6) is -0.179. The molecule has 2 heterocycles. The van der Waals surface area contributed by atoms with E-state index in [0.717, 1.165) is 13.0 Å². The number of hydrogen-bond acceptors (Lipinski definition) is 4. The van der Waals surface area contributed by atoms with Crippen LogP contribution in [0.1, 0.15) is 12.8 Å². The molecule has 2 aliphatic rings. The molecular weight excluding hydrogens is 222 g/mol. The largest absolute Gasteiger partial charge is 0.381 e. The van der Waals surface area contributed by atoms with Gasteiger partial charge in [0, 0.05) is 38.7 Å². The molecule has 17 heavy (non-hydrogen) atoms. The van der Waals surface area contributed by atoms with Crippen LogP contribution in [-0.2, 0) is 14.3 Å². The second-order valence-electron chi connectivity index (χ2n) is 4.67. The van der Waals surface area contributed by atoms with Crippen molar-refractivity contribution in [1.29, 1.82) is 0 Å². The van der Waals surface area contributed by atoms with Gasteiger partial charge in [0.1, 0.15) is 0 Å². The summed E-state index contributed by atoms with van der Waals surface area (Å²) in [4.78, 5) is 24.8. The van der Waals surface area contributed by atoms with Crippen LogP contribution in [0, 0.1) is 5.92 Å². The Bertz CT molecular complexity index is 302. The third-order valence-electron chi connectivity index (χ3n) is 3.29. The predicted octanol–water partition coefficient (Wildman–Crippen LogP) is -1.30. The quantitative estimate of drug-likeness (QED) is 0.643. The van der Waals surface area contributed by atoms with Crippen LogP contribution < -0.4 is 11.1 Å². The Morgan fingerprint density at radius 1 is 1.47 bits per heavy atom. The first-order valence-corrected chi connectivity index (χ1v) is 6.05. The van der Waals surface area contributed by atoms with Crippen LogP contribution in [0.5, 0.6) is 0 Å². The molecule has 2 atom stereocenters. The lowest BCUT2D eigenvalue weighted by Crippen LogP contribution is -2.54. The number of piperazine rings is 1. The predicted molar refractivity (Wildman–Crippen MR) is 61.1 cm³/mol. The Hall–Kier alpha value is -1.14. The van der Waals surface area contributed by atoms with E-state index in [9.17, 15) is 9.59 Å². The fraction of sp³-hybridized carbons (Fsp3) is 0.818. The second-order valence-corrected chi connectivity index (χ2v) is 4.67. The summed E-state index contributed by atoms with van der Waals surface area (Å²) in [7, 11) is 0. The molecule has 0 spiro atoms. The molecule has 0 bridgehead atoms. The van der Waals surface area contributed by atoms with Gasteiger partial charge in [0.2, 0.25) is 11.8 Å². The zero-order valence-electron chi connectivity index (χ0n) is 9.85. The van der Waals surface area contributed by atoms with Crippen molar-refractivity contribution in [1.82, 2.24) is 10.2 Å². The van der Waals surface area contributed by atoms with E-state index in [-0.39, 0.29) is 30.2 Å². The highest BCUT2D eigenvalue weighted by molar-refractivity contribution is 5.79. The van der Waals surface area contributed by atoms with Crippen LogP contribution in [0.25, 0.3) is 0 Å². The number of nitrogens with zero attached hydrogens (tertiary/aromatic N) is 1. The molecule has 3 N–H and O–H groups in total. The van der Waals surface area contributed by atoms with E-state index in [1.54, 1.807) is 0 Å². The SMILES string of the molecule is NC(=O)CC1CN(C(=O)C2CCOC2)CCN1. The Balaban J connectivity index is 1.87. The number of primary amides is 1. The first-order valence-electron chi connectivity index (χ1n) is 6.05. The molecule has 2 amide bonds. The minimum Gasteiger partial charge on any atom is -0.381 e. The second kappa shape index (κ2) is 5.46. The van der Waals surface area contributed by atoms with E-state index in [0.29, 0.717) is 26.3 Å². The summed E-state index contributed by atoms with van der Waals surface area (Å²) in [5.41, 5.74) is 5.16. The summed E-state index contributed by atoms with van der Waals surface area (Å²) in [6.07, 6.45) is 1.09. The zero-order chi connectivity index (χ0) is 12.3. The molecule has 6 nitrogen and oxygen atoms in total. The van der Waals surface area contributed by atoms with E-state index < -0.39 is 0 Å². The zero-order valence-corrected chi connectivity index (χ0v) is 9.85. The number of rotatable bonds is 3. The van der Waals surface area contributed by atoms with E-state index in [1.165, 1.54) is 0 Å². The van der Waals surface area contributed by atoms with Gasteiger partial charge in [0.25, 0.3) is 0 Å². The van der Waals surface area contributed by atoms with Crippen LogP contribution in [0.2, 0.25) is 0 Å². The first kappa shape index (κ1) is 12.3. The van der Waals surface area contributed by atoms with E-state index in [2.05, 4.69) is 5.32 Å². The van der Waals surface area contributed by atoms with Gasteiger partial charge >= 0.3 is 0 Å². The van der Waals surface area contributed by atoms with Crippen molar-refractivity contribution < 1.29 is 14.3 Å². The van der Waals surface area contributed by atoms with Crippen molar-refractivity contribution in [3.8, 4) is 0 Å². The normalized spacial score (nSPS) is 29.3. The molecule has 96 valence electrons. The fourth-order valence-corrected chi connectivity index (χ4v) is 2.39. The van der Waals surface area contributed by atoms with Gasteiger partial charge in [-0.15, -0.1) is 0 Å². The molecule has 0 aromatic heterocycles. The van der Waals surface area contributed by atoms with Crippen LogP contribution in [-0.4, -0.2) is 55.6 Å². The van der Waals surface area contributed by atoms with Gasteiger partial charge in [-0.25, -0.2) is 0 Å². The summed E-state index contributed by atoms with van der Waals surface area (Å²) in [6, 6.07) is -0.00692. The summed E-state index contributed by atoms with van der Waals surface area (Å²) in [5, 5.41) is 3.20. The number of ether oxygens (including phenoxy) is 1. The highest BCUT2D eigenvalue weighted by Gasteiger charge is 2.31. The van der Waals surface area contributed by atoms with Crippen molar-refractivity contribution in [2.45, 2.75) is 18.9 Å². The summed E-state index contributed by atoms with van der Waals surface area (Å²) < 4.78 is 5.22. The topological polar surface area (TPSA) is 84.7 Å². The minimum absolute atomic E-state index is 0.00216. The summed E-state index contributed by atoms with van der Waals surface area (Å²) >= 11 is 0. The van der Waals surface area contributed by atoms with Gasteiger partial charge < -0.3 is 20.7 Å². The van der Waals surface area contributed by atoms with Gasteiger partial charge in [-0.1, -0.05) is 0 Å². The Morgan fingerprint density at radius 3 is 2.94 bits per heavy atom. The molecule has 0 aromatic carbocycles. The minimum atomic E-state index is -0.332. The number of carbonyl (C=O) groups excluding carboxylic acids is 2. The average molecular weight is 241 g/mol. The van der Waals surface area contributed by atoms with Gasteiger partial charge in [0.15, 0.2) is 0 Å². The number of carbonyl (C=O) groups is 2. The Labute approximate surface area is 100 Å². The third kappa shape index (κ3) is 3.17. The molecule has 2 aliphatic heterocycles. The fourth-order valence-electron chi connectivity index (χ4n) is 2.39. The molecule has 0 saturated carbocycles. The molecule has 2 saturated heterocycles.